The maximum Gasteiger partial charge on any atom is 0.217 e. The van der Waals surface area contributed by atoms with Gasteiger partial charge in [0.1, 0.15) is 11.5 Å². The topological polar surface area (TPSA) is 124 Å². The zero-order valence-electron chi connectivity index (χ0n) is 17.6. The molecule has 4 N–H and O–H groups in total. The highest BCUT2D eigenvalue weighted by Gasteiger charge is 2.11. The number of nitrogens with one attached hydrogen (secondary N) is 2. The van der Waals surface area contributed by atoms with Crippen LogP contribution < -0.4 is 25.8 Å². The number of nitrogens with zero attached hydrogens (tertiary/aromatic N) is 2. The van der Waals surface area contributed by atoms with Crippen LogP contribution >= 0.6 is 11.3 Å². The highest BCUT2D eigenvalue weighted by molar-refractivity contribution is 7.13. The minimum absolute atomic E-state index is 0.115. The van der Waals surface area contributed by atoms with Gasteiger partial charge < -0.3 is 30.3 Å². The van der Waals surface area contributed by atoms with Gasteiger partial charge in [-0.1, -0.05) is 12.1 Å². The fourth-order valence-corrected chi connectivity index (χ4v) is 3.56. The van der Waals surface area contributed by atoms with Gasteiger partial charge in [0.2, 0.25) is 11.0 Å². The van der Waals surface area contributed by atoms with E-state index in [1.165, 1.54) is 18.3 Å². The Morgan fingerprint density at radius 3 is 2.81 bits per heavy atom. The molecule has 1 amide bonds. The van der Waals surface area contributed by atoms with E-state index in [4.69, 9.17) is 19.6 Å². The van der Waals surface area contributed by atoms with Crippen LogP contribution in [0.5, 0.6) is 11.5 Å². The number of aromatic nitrogens is 1. The van der Waals surface area contributed by atoms with Gasteiger partial charge in [-0.15, -0.1) is 11.3 Å². The molecule has 0 saturated carbocycles. The van der Waals surface area contributed by atoms with E-state index >= 15 is 0 Å². The van der Waals surface area contributed by atoms with Gasteiger partial charge in [-0.2, -0.15) is 4.99 Å². The first-order chi connectivity index (χ1) is 15.0. The predicted molar refractivity (Wildman–Crippen MR) is 120 cm³/mol. The first-order valence-electron chi connectivity index (χ1n) is 9.57. The Bertz CT molecular complexity index is 1060. The van der Waals surface area contributed by atoms with Gasteiger partial charge in [0.05, 0.1) is 20.8 Å². The molecule has 10 heteroatoms. The number of thiazole rings is 1. The zero-order chi connectivity index (χ0) is 22.2. The Balaban J connectivity index is 1.57. The van der Waals surface area contributed by atoms with Crippen LogP contribution in [0.1, 0.15) is 18.2 Å². The number of guanidine groups is 1. The summed E-state index contributed by atoms with van der Waals surface area (Å²) in [6.45, 7) is 2.36. The van der Waals surface area contributed by atoms with E-state index in [2.05, 4.69) is 20.6 Å². The Morgan fingerprint density at radius 2 is 2.06 bits per heavy atom. The number of carbonyl (C=O) groups is 1. The van der Waals surface area contributed by atoms with Gasteiger partial charge in [-0.3, -0.25) is 4.79 Å². The summed E-state index contributed by atoms with van der Waals surface area (Å²) in [6, 6.07) is 9.36. The molecular weight excluding hydrogens is 418 g/mol. The lowest BCUT2D eigenvalue weighted by Crippen LogP contribution is -2.32. The molecule has 0 aliphatic carbocycles. The molecule has 0 spiro atoms. The molecule has 2 aromatic heterocycles. The second-order valence-electron chi connectivity index (χ2n) is 6.52. The van der Waals surface area contributed by atoms with Crippen molar-refractivity contribution in [3.63, 3.8) is 0 Å². The van der Waals surface area contributed by atoms with Crippen LogP contribution in [0.2, 0.25) is 0 Å². The number of para-hydroxylation sites is 1. The Kier molecular flexibility index (Phi) is 7.50. The third-order valence-electron chi connectivity index (χ3n) is 4.32. The number of rotatable bonds is 9. The van der Waals surface area contributed by atoms with Gasteiger partial charge in [0.25, 0.3) is 0 Å². The number of aliphatic imine (C=N–C) groups is 1. The molecule has 0 atom stereocenters. The summed E-state index contributed by atoms with van der Waals surface area (Å²) < 4.78 is 16.5. The molecule has 0 fully saturated rings. The van der Waals surface area contributed by atoms with Crippen LogP contribution in [-0.4, -0.2) is 37.6 Å². The largest absolute Gasteiger partial charge is 0.493 e. The monoisotopic (exact) mass is 443 g/mol. The minimum Gasteiger partial charge on any atom is -0.493 e. The maximum absolute atomic E-state index is 11.0. The van der Waals surface area contributed by atoms with E-state index < -0.39 is 0 Å². The number of carbonyl (C=O) groups excluding carboxylic acids is 1. The molecule has 3 rings (SSSR count). The highest BCUT2D eigenvalue weighted by atomic mass is 32.1. The van der Waals surface area contributed by atoms with E-state index in [0.717, 1.165) is 5.56 Å². The van der Waals surface area contributed by atoms with Crippen molar-refractivity contribution in [1.82, 2.24) is 15.6 Å². The number of hydrogen-bond donors (Lipinski definition) is 3. The maximum atomic E-state index is 11.0. The molecule has 0 unspecified atom stereocenters. The zero-order valence-corrected chi connectivity index (χ0v) is 18.4. The summed E-state index contributed by atoms with van der Waals surface area (Å²) >= 11 is 1.36. The average molecular weight is 444 g/mol. The van der Waals surface area contributed by atoms with E-state index in [0.29, 0.717) is 53.4 Å². The second-order valence-corrected chi connectivity index (χ2v) is 7.35. The van der Waals surface area contributed by atoms with Crippen LogP contribution in [0.25, 0.3) is 11.5 Å². The molecule has 3 aromatic rings. The summed E-state index contributed by atoms with van der Waals surface area (Å²) in [5, 5.41) is 8.13. The Morgan fingerprint density at radius 1 is 1.23 bits per heavy atom. The second kappa shape index (κ2) is 10.5. The molecule has 0 aliphatic heterocycles. The van der Waals surface area contributed by atoms with E-state index in [-0.39, 0.29) is 11.9 Å². The van der Waals surface area contributed by atoms with Gasteiger partial charge in [-0.25, -0.2) is 4.98 Å². The third-order valence-corrected chi connectivity index (χ3v) is 5.05. The van der Waals surface area contributed by atoms with Crippen molar-refractivity contribution in [1.29, 1.82) is 0 Å². The van der Waals surface area contributed by atoms with Crippen molar-refractivity contribution in [3.8, 4) is 23.0 Å². The molecule has 0 saturated heterocycles. The average Bonchev–Trinajstić information content (AvgIpc) is 3.41. The normalized spacial score (nSPS) is 11.3. The van der Waals surface area contributed by atoms with Crippen LogP contribution in [-0.2, 0) is 17.8 Å². The lowest BCUT2D eigenvalue weighted by atomic mass is 10.1. The fourth-order valence-electron chi connectivity index (χ4n) is 2.87. The van der Waals surface area contributed by atoms with Crippen LogP contribution in [0, 0.1) is 0 Å². The van der Waals surface area contributed by atoms with Gasteiger partial charge in [-0.05, 0) is 30.2 Å². The van der Waals surface area contributed by atoms with Crippen molar-refractivity contribution in [3.05, 3.63) is 47.0 Å². The summed E-state index contributed by atoms with van der Waals surface area (Å²) in [5.41, 5.74) is 7.67. The number of nitrogens with two attached hydrogens (primary N) is 1. The SMILES string of the molecule is COc1cccc(CCN/C(N)=N/c2nc(-c3ccc(CNC(C)=O)o3)cs2)c1OC. The molecule has 31 heavy (non-hydrogen) atoms. The number of benzene rings is 1. The van der Waals surface area contributed by atoms with Crippen LogP contribution in [0.15, 0.2) is 45.1 Å². The lowest BCUT2D eigenvalue weighted by Gasteiger charge is -2.12. The van der Waals surface area contributed by atoms with Crippen molar-refractivity contribution in [2.24, 2.45) is 10.7 Å². The molecule has 2 heterocycles. The molecular formula is C21H25N5O4S. The summed E-state index contributed by atoms with van der Waals surface area (Å²) in [5.74, 6) is 2.81. The summed E-state index contributed by atoms with van der Waals surface area (Å²) in [6.07, 6.45) is 0.684. The number of furan rings is 1. The number of hydrogen-bond acceptors (Lipinski definition) is 7. The van der Waals surface area contributed by atoms with Crippen LogP contribution in [0.3, 0.4) is 0 Å². The Hall–Kier alpha value is -3.53. The van der Waals surface area contributed by atoms with E-state index in [9.17, 15) is 4.79 Å². The molecule has 1 aromatic carbocycles. The lowest BCUT2D eigenvalue weighted by molar-refractivity contribution is -0.119. The third kappa shape index (κ3) is 5.98. The molecule has 9 nitrogen and oxygen atoms in total. The van der Waals surface area contributed by atoms with E-state index in [1.807, 2.05) is 29.6 Å². The smallest absolute Gasteiger partial charge is 0.217 e. The molecule has 0 bridgehead atoms. The first-order valence-corrected chi connectivity index (χ1v) is 10.4. The number of methoxy groups -OCH3 is 2. The number of amides is 1. The highest BCUT2D eigenvalue weighted by Crippen LogP contribution is 2.31. The Labute approximate surface area is 184 Å². The van der Waals surface area contributed by atoms with Gasteiger partial charge in [0, 0.05) is 18.8 Å². The van der Waals surface area contributed by atoms with E-state index in [1.54, 1.807) is 20.3 Å². The molecule has 0 aliphatic rings. The predicted octanol–water partition coefficient (Wildman–Crippen LogP) is 2.83. The first kappa shape index (κ1) is 22.2. The minimum atomic E-state index is -0.115. The van der Waals surface area contributed by atoms with Crippen molar-refractivity contribution in [2.45, 2.75) is 19.9 Å². The standard InChI is InChI=1S/C21H25N5O4S/c1-13(27)24-11-15-7-8-17(30-15)16-12-31-21(25-16)26-20(22)23-10-9-14-5-4-6-18(28-2)19(14)29-3/h4-8,12H,9-11H2,1-3H3,(H,24,27)(H3,22,23,25,26). The summed E-state index contributed by atoms with van der Waals surface area (Å²) in [4.78, 5) is 19.8. The molecule has 0 radical (unpaired) electrons. The quantitative estimate of drug-likeness (QED) is 0.343. The number of ether oxygens (including phenoxy) is 2. The fraction of sp³-hybridized carbons (Fsp3) is 0.286. The van der Waals surface area contributed by atoms with Gasteiger partial charge >= 0.3 is 0 Å². The summed E-state index contributed by atoms with van der Waals surface area (Å²) in [7, 11) is 3.23. The van der Waals surface area contributed by atoms with Crippen molar-refractivity contribution in [2.75, 3.05) is 20.8 Å². The van der Waals surface area contributed by atoms with Crippen molar-refractivity contribution < 1.29 is 18.7 Å². The van der Waals surface area contributed by atoms with Crippen LogP contribution in [0.4, 0.5) is 5.13 Å². The molecule has 164 valence electrons. The van der Waals surface area contributed by atoms with Gasteiger partial charge in [0.15, 0.2) is 23.2 Å². The van der Waals surface area contributed by atoms with Crippen molar-refractivity contribution >= 4 is 28.3 Å².